The lowest BCUT2D eigenvalue weighted by Crippen LogP contribution is -2.03. The van der Waals surface area contributed by atoms with Crippen molar-refractivity contribution >= 4 is 18.4 Å². The van der Waals surface area contributed by atoms with E-state index in [-0.39, 0.29) is 0 Å². The van der Waals surface area contributed by atoms with Gasteiger partial charge in [0.05, 0.1) is 12.8 Å². The van der Waals surface area contributed by atoms with Gasteiger partial charge in [-0.1, -0.05) is 81.8 Å². The molecule has 0 aliphatic carbocycles. The van der Waals surface area contributed by atoms with Gasteiger partial charge in [0.25, 0.3) is 0 Å². The van der Waals surface area contributed by atoms with Gasteiger partial charge < -0.3 is 9.05 Å². The highest BCUT2D eigenvalue weighted by atomic mass is 31.2. The number of benzene rings is 2. The Labute approximate surface area is 152 Å². The van der Waals surface area contributed by atoms with E-state index in [1.807, 2.05) is 49.4 Å². The smallest absolute Gasteiger partial charge is 0.379 e. The lowest BCUT2D eigenvalue weighted by molar-refractivity contribution is 0.279. The molecule has 25 heavy (non-hydrogen) atoms. The fourth-order valence-electron chi connectivity index (χ4n) is 3.02. The van der Waals surface area contributed by atoms with Gasteiger partial charge in [0.2, 0.25) is 0 Å². The summed E-state index contributed by atoms with van der Waals surface area (Å²) >= 11 is 0. The van der Waals surface area contributed by atoms with E-state index < -0.39 is 7.60 Å². The average molecular weight is 362 g/mol. The van der Waals surface area contributed by atoms with E-state index in [2.05, 4.69) is 6.92 Å². The Morgan fingerprint density at radius 3 is 2.28 bits per heavy atom. The van der Waals surface area contributed by atoms with E-state index in [0.29, 0.717) is 18.5 Å². The number of hydrogen-bond donors (Lipinski definition) is 0. The van der Waals surface area contributed by atoms with E-state index in [0.717, 1.165) is 23.6 Å². The summed E-state index contributed by atoms with van der Waals surface area (Å²) in [4.78, 5) is 0. The minimum atomic E-state index is -3.11. The fourth-order valence-corrected chi connectivity index (χ4v) is 4.76. The monoisotopic (exact) mass is 362 g/mol. The molecular weight excluding hydrogens is 331 g/mol. The Kier molecular flexibility index (Phi) is 8.51. The Hall–Kier alpha value is -1.31. The van der Waals surface area contributed by atoms with Crippen molar-refractivity contribution in [2.24, 2.45) is 0 Å². The van der Waals surface area contributed by atoms with Crippen molar-refractivity contribution in [2.75, 3.05) is 12.8 Å². The van der Waals surface area contributed by atoms with Gasteiger partial charge in [-0.3, -0.25) is 0 Å². The van der Waals surface area contributed by atoms with Crippen LogP contribution in [0.4, 0.5) is 0 Å². The third-order valence-electron chi connectivity index (χ3n) is 4.35. The molecule has 0 N–H and O–H groups in total. The molecule has 2 aromatic carbocycles. The molecule has 138 valence electrons. The quantitative estimate of drug-likeness (QED) is 0.296. The van der Waals surface area contributed by atoms with Gasteiger partial charge in [-0.15, -0.1) is 0 Å². The molecule has 0 saturated carbocycles. The molecule has 3 nitrogen and oxygen atoms in total. The number of hydrogen-bond acceptors (Lipinski definition) is 3. The zero-order chi connectivity index (χ0) is 18.0. The molecule has 0 aliphatic heterocycles. The van der Waals surface area contributed by atoms with E-state index in [1.54, 1.807) is 0 Å². The highest BCUT2D eigenvalue weighted by molar-refractivity contribution is 7.54. The minimum Gasteiger partial charge on any atom is -0.424 e. The van der Waals surface area contributed by atoms with Gasteiger partial charge >= 0.3 is 7.60 Å². The number of unbranched alkanes of at least 4 members (excludes halogenated alkanes) is 6. The van der Waals surface area contributed by atoms with Crippen LogP contribution in [0, 0.1) is 0 Å². The first-order chi connectivity index (χ1) is 12.2. The van der Waals surface area contributed by atoms with Crippen LogP contribution in [-0.2, 0) is 9.09 Å². The summed E-state index contributed by atoms with van der Waals surface area (Å²) in [6, 6.07) is 13.8. The molecule has 0 aromatic heterocycles. The maximum atomic E-state index is 13.1. The Morgan fingerprint density at radius 1 is 0.840 bits per heavy atom. The third-order valence-corrected chi connectivity index (χ3v) is 6.34. The molecule has 0 fully saturated rings. The van der Waals surface area contributed by atoms with Crippen molar-refractivity contribution in [3.63, 3.8) is 0 Å². The van der Waals surface area contributed by atoms with Gasteiger partial charge in [0.1, 0.15) is 5.75 Å². The molecule has 0 radical (unpaired) electrons. The van der Waals surface area contributed by atoms with Crippen LogP contribution < -0.4 is 4.52 Å². The molecule has 4 heteroatoms. The summed E-state index contributed by atoms with van der Waals surface area (Å²) < 4.78 is 24.6. The molecule has 0 aliphatic rings. The van der Waals surface area contributed by atoms with E-state index >= 15 is 0 Å². The SMILES string of the molecule is CCCCCCCCCP(=O)(OCC)Oc1cccc2ccccc12. The Morgan fingerprint density at radius 2 is 1.52 bits per heavy atom. The first-order valence-electron chi connectivity index (χ1n) is 9.59. The average Bonchev–Trinajstić information content (AvgIpc) is 2.61. The lowest BCUT2D eigenvalue weighted by Gasteiger charge is -2.19. The van der Waals surface area contributed by atoms with Gasteiger partial charge in [0, 0.05) is 5.39 Å². The zero-order valence-corrected chi connectivity index (χ0v) is 16.5. The molecule has 1 unspecified atom stereocenters. The highest BCUT2D eigenvalue weighted by Gasteiger charge is 2.25. The molecule has 0 bridgehead atoms. The molecule has 2 aromatic rings. The van der Waals surface area contributed by atoms with Crippen molar-refractivity contribution < 1.29 is 13.6 Å². The van der Waals surface area contributed by atoms with Crippen molar-refractivity contribution in [3.8, 4) is 5.75 Å². The first kappa shape index (κ1) is 20.0. The Bertz CT molecular complexity index is 678. The third kappa shape index (κ3) is 6.49. The van der Waals surface area contributed by atoms with Crippen molar-refractivity contribution in [1.82, 2.24) is 0 Å². The normalized spacial score (nSPS) is 13.7. The highest BCUT2D eigenvalue weighted by Crippen LogP contribution is 2.50. The van der Waals surface area contributed by atoms with Crippen LogP contribution in [0.2, 0.25) is 0 Å². The zero-order valence-electron chi connectivity index (χ0n) is 15.6. The standard InChI is InChI=1S/C21H31O3P/c1-3-5-6-7-8-9-12-18-25(22,23-4-2)24-21-17-13-15-19-14-10-11-16-20(19)21/h10-11,13-17H,3-9,12,18H2,1-2H3. The molecular formula is C21H31O3P. The largest absolute Gasteiger partial charge is 0.424 e. The molecule has 0 saturated heterocycles. The molecule has 1 atom stereocenters. The lowest BCUT2D eigenvalue weighted by atomic mass is 10.1. The topological polar surface area (TPSA) is 35.5 Å². The number of rotatable bonds is 12. The summed E-state index contributed by atoms with van der Waals surface area (Å²) in [5.41, 5.74) is 0. The van der Waals surface area contributed by atoms with Gasteiger partial charge in [0.15, 0.2) is 0 Å². The van der Waals surface area contributed by atoms with Crippen LogP contribution in [-0.4, -0.2) is 12.8 Å². The van der Waals surface area contributed by atoms with Crippen LogP contribution in [0.5, 0.6) is 5.75 Å². The minimum absolute atomic E-state index is 0.401. The first-order valence-corrected chi connectivity index (χ1v) is 11.3. The summed E-state index contributed by atoms with van der Waals surface area (Å²) in [5.74, 6) is 0.651. The molecule has 0 amide bonds. The van der Waals surface area contributed by atoms with Gasteiger partial charge in [-0.05, 0) is 24.8 Å². The van der Waals surface area contributed by atoms with Crippen LogP contribution in [0.1, 0.15) is 58.8 Å². The Balaban J connectivity index is 1.95. The summed E-state index contributed by atoms with van der Waals surface area (Å²) in [6.07, 6.45) is 8.77. The van der Waals surface area contributed by atoms with Crippen molar-refractivity contribution in [2.45, 2.75) is 58.8 Å². The van der Waals surface area contributed by atoms with E-state index in [9.17, 15) is 4.57 Å². The molecule has 0 spiro atoms. The van der Waals surface area contributed by atoms with Crippen molar-refractivity contribution in [3.05, 3.63) is 42.5 Å². The number of fused-ring (bicyclic) bond motifs is 1. The van der Waals surface area contributed by atoms with Gasteiger partial charge in [-0.2, -0.15) is 0 Å². The second-order valence-electron chi connectivity index (χ2n) is 6.44. The maximum absolute atomic E-state index is 13.1. The molecule has 0 heterocycles. The maximum Gasteiger partial charge on any atom is 0.379 e. The van der Waals surface area contributed by atoms with Crippen LogP contribution >= 0.6 is 7.60 Å². The van der Waals surface area contributed by atoms with Crippen LogP contribution in [0.15, 0.2) is 42.5 Å². The summed E-state index contributed by atoms with van der Waals surface area (Å²) in [5, 5.41) is 2.06. The van der Waals surface area contributed by atoms with Crippen molar-refractivity contribution in [1.29, 1.82) is 0 Å². The predicted molar refractivity (Wildman–Crippen MR) is 107 cm³/mol. The fraction of sp³-hybridized carbons (Fsp3) is 0.524. The van der Waals surface area contributed by atoms with E-state index in [1.165, 1.54) is 32.1 Å². The van der Waals surface area contributed by atoms with Crippen LogP contribution in [0.25, 0.3) is 10.8 Å². The second kappa shape index (κ2) is 10.6. The second-order valence-corrected chi connectivity index (χ2v) is 8.55. The predicted octanol–water partition coefficient (Wildman–Crippen LogP) is 7.20. The summed E-state index contributed by atoms with van der Waals surface area (Å²) in [6.45, 7) is 4.49. The van der Waals surface area contributed by atoms with Crippen LogP contribution in [0.3, 0.4) is 0 Å². The molecule has 2 rings (SSSR count). The summed E-state index contributed by atoms with van der Waals surface area (Å²) in [7, 11) is -3.11. The van der Waals surface area contributed by atoms with Gasteiger partial charge in [-0.25, -0.2) is 4.57 Å². The van der Waals surface area contributed by atoms with E-state index in [4.69, 9.17) is 9.05 Å².